The largest absolute Gasteiger partial charge is 0.507 e. The Labute approximate surface area is 184 Å². The van der Waals surface area contributed by atoms with Crippen LogP contribution >= 0.6 is 0 Å². The standard InChI is InChI=1S/C24H22N2O6/c1-4-31-18-12-16(9-10-17(18)27)21-20(22(28)15-7-5-13(2)6-8-15)23(29)24(30)26(21)19-11-14(3)32-25-19/h5-12,21,27-28H,4H2,1-3H3/b22-20+. The Morgan fingerprint density at radius 1 is 1.12 bits per heavy atom. The quantitative estimate of drug-likeness (QED) is 0.354. The Morgan fingerprint density at radius 2 is 1.84 bits per heavy atom. The number of aliphatic hydroxyl groups is 1. The fraction of sp³-hybridized carbons (Fsp3) is 0.208. The van der Waals surface area contributed by atoms with Crippen LogP contribution in [0.1, 0.15) is 35.4 Å². The van der Waals surface area contributed by atoms with Gasteiger partial charge in [-0.25, -0.2) is 0 Å². The van der Waals surface area contributed by atoms with Crippen molar-refractivity contribution < 1.29 is 29.1 Å². The highest BCUT2D eigenvalue weighted by Crippen LogP contribution is 2.43. The average molecular weight is 434 g/mol. The second-order valence-corrected chi connectivity index (χ2v) is 7.49. The van der Waals surface area contributed by atoms with Gasteiger partial charge in [-0.2, -0.15) is 0 Å². The van der Waals surface area contributed by atoms with Crippen molar-refractivity contribution in [3.05, 3.63) is 76.6 Å². The lowest BCUT2D eigenvalue weighted by atomic mass is 9.94. The maximum absolute atomic E-state index is 13.1. The summed E-state index contributed by atoms with van der Waals surface area (Å²) in [6.07, 6.45) is 0. The number of aryl methyl sites for hydroxylation is 2. The predicted octanol–water partition coefficient (Wildman–Crippen LogP) is 4.02. The van der Waals surface area contributed by atoms with Gasteiger partial charge in [0.25, 0.3) is 5.78 Å². The summed E-state index contributed by atoms with van der Waals surface area (Å²) in [5, 5.41) is 25.1. The molecule has 1 aromatic heterocycles. The van der Waals surface area contributed by atoms with Gasteiger partial charge >= 0.3 is 5.91 Å². The van der Waals surface area contributed by atoms with Gasteiger partial charge < -0.3 is 19.5 Å². The third kappa shape index (κ3) is 3.60. The highest BCUT2D eigenvalue weighted by atomic mass is 16.5. The Kier molecular flexibility index (Phi) is 5.44. The number of hydrogen-bond acceptors (Lipinski definition) is 7. The Hall–Kier alpha value is -4.07. The zero-order valence-electron chi connectivity index (χ0n) is 17.8. The van der Waals surface area contributed by atoms with Crippen molar-refractivity contribution in [3.8, 4) is 11.5 Å². The van der Waals surface area contributed by atoms with Crippen LogP contribution in [0, 0.1) is 13.8 Å². The van der Waals surface area contributed by atoms with E-state index in [4.69, 9.17) is 9.26 Å². The summed E-state index contributed by atoms with van der Waals surface area (Å²) in [6, 6.07) is 12.0. The van der Waals surface area contributed by atoms with E-state index in [1.165, 1.54) is 23.1 Å². The molecule has 1 unspecified atom stereocenters. The number of phenols is 1. The van der Waals surface area contributed by atoms with Crippen molar-refractivity contribution in [1.29, 1.82) is 0 Å². The van der Waals surface area contributed by atoms with E-state index in [1.54, 1.807) is 44.2 Å². The molecule has 2 N–H and O–H groups in total. The van der Waals surface area contributed by atoms with Gasteiger partial charge in [-0.05, 0) is 38.5 Å². The summed E-state index contributed by atoms with van der Waals surface area (Å²) in [5.41, 5.74) is 1.75. The van der Waals surface area contributed by atoms with Gasteiger partial charge in [-0.3, -0.25) is 14.5 Å². The summed E-state index contributed by atoms with van der Waals surface area (Å²) in [4.78, 5) is 27.3. The molecule has 3 aromatic rings. The third-order valence-corrected chi connectivity index (χ3v) is 5.23. The summed E-state index contributed by atoms with van der Waals surface area (Å²) < 4.78 is 10.6. The van der Waals surface area contributed by atoms with Crippen LogP contribution in [0.25, 0.3) is 5.76 Å². The number of ketones is 1. The van der Waals surface area contributed by atoms with E-state index in [0.717, 1.165) is 5.56 Å². The molecule has 1 fully saturated rings. The molecule has 0 spiro atoms. The summed E-state index contributed by atoms with van der Waals surface area (Å²) in [6.45, 7) is 5.65. The van der Waals surface area contributed by atoms with Gasteiger partial charge in [-0.1, -0.05) is 41.1 Å². The van der Waals surface area contributed by atoms with Gasteiger partial charge in [0.15, 0.2) is 17.3 Å². The second kappa shape index (κ2) is 8.22. The van der Waals surface area contributed by atoms with Crippen molar-refractivity contribution >= 4 is 23.3 Å². The summed E-state index contributed by atoms with van der Waals surface area (Å²) in [5.74, 6) is -1.28. The first-order valence-corrected chi connectivity index (χ1v) is 10.1. The minimum absolute atomic E-state index is 0.0802. The van der Waals surface area contributed by atoms with Gasteiger partial charge in [-0.15, -0.1) is 0 Å². The van der Waals surface area contributed by atoms with Gasteiger partial charge in [0.1, 0.15) is 11.5 Å². The van der Waals surface area contributed by atoms with Gasteiger partial charge in [0, 0.05) is 11.6 Å². The third-order valence-electron chi connectivity index (χ3n) is 5.23. The molecule has 0 saturated carbocycles. The first kappa shape index (κ1) is 21.2. The molecule has 1 amide bonds. The summed E-state index contributed by atoms with van der Waals surface area (Å²) in [7, 11) is 0. The molecule has 8 heteroatoms. The maximum Gasteiger partial charge on any atom is 0.301 e. The van der Waals surface area contributed by atoms with E-state index in [0.29, 0.717) is 23.5 Å². The molecule has 4 rings (SSSR count). The molecule has 0 radical (unpaired) electrons. The van der Waals surface area contributed by atoms with Crippen LogP contribution in [0.5, 0.6) is 11.5 Å². The highest BCUT2D eigenvalue weighted by Gasteiger charge is 2.48. The van der Waals surface area contributed by atoms with E-state index in [1.807, 2.05) is 6.92 Å². The lowest BCUT2D eigenvalue weighted by Gasteiger charge is -2.23. The van der Waals surface area contributed by atoms with Crippen molar-refractivity contribution in [3.63, 3.8) is 0 Å². The molecule has 8 nitrogen and oxygen atoms in total. The molecule has 2 aromatic carbocycles. The molecule has 1 saturated heterocycles. The van der Waals surface area contributed by atoms with Crippen LogP contribution in [0.15, 0.2) is 58.6 Å². The molecule has 0 bridgehead atoms. The normalized spacial score (nSPS) is 17.7. The Morgan fingerprint density at radius 3 is 2.47 bits per heavy atom. The maximum atomic E-state index is 13.1. The predicted molar refractivity (Wildman–Crippen MR) is 116 cm³/mol. The molecule has 164 valence electrons. The lowest BCUT2D eigenvalue weighted by Crippen LogP contribution is -2.29. The summed E-state index contributed by atoms with van der Waals surface area (Å²) >= 11 is 0. The number of rotatable bonds is 5. The number of aliphatic hydroxyl groups excluding tert-OH is 1. The van der Waals surface area contributed by atoms with Crippen LogP contribution in [0.2, 0.25) is 0 Å². The van der Waals surface area contributed by atoms with E-state index < -0.39 is 17.7 Å². The van der Waals surface area contributed by atoms with Crippen LogP contribution in [0.3, 0.4) is 0 Å². The van der Waals surface area contributed by atoms with E-state index in [2.05, 4.69) is 5.16 Å². The van der Waals surface area contributed by atoms with Crippen molar-refractivity contribution in [1.82, 2.24) is 5.16 Å². The SMILES string of the molecule is CCOc1cc(C2/C(=C(\O)c3ccc(C)cc3)C(=O)C(=O)N2c2cc(C)on2)ccc1O. The number of Topliss-reactive ketones (excluding diaryl/α,β-unsaturated/α-hetero) is 1. The van der Waals surface area contributed by atoms with E-state index in [9.17, 15) is 19.8 Å². The number of benzene rings is 2. The minimum atomic E-state index is -0.999. The minimum Gasteiger partial charge on any atom is -0.507 e. The monoisotopic (exact) mass is 434 g/mol. The molecule has 1 aliphatic rings. The van der Waals surface area contributed by atoms with Gasteiger partial charge in [0.2, 0.25) is 0 Å². The first-order valence-electron chi connectivity index (χ1n) is 10.1. The van der Waals surface area contributed by atoms with Crippen molar-refractivity contribution in [2.24, 2.45) is 0 Å². The number of aromatic hydroxyl groups is 1. The van der Waals surface area contributed by atoms with Crippen LogP contribution < -0.4 is 9.64 Å². The van der Waals surface area contributed by atoms with Gasteiger partial charge in [0.05, 0.1) is 18.2 Å². The first-order chi connectivity index (χ1) is 15.3. The molecule has 1 aliphatic heterocycles. The number of carbonyl (C=O) groups excluding carboxylic acids is 2. The van der Waals surface area contributed by atoms with Crippen LogP contribution in [0.4, 0.5) is 5.82 Å². The van der Waals surface area contributed by atoms with E-state index in [-0.39, 0.29) is 28.6 Å². The Bertz CT molecular complexity index is 1230. The average Bonchev–Trinajstić information content (AvgIpc) is 3.31. The number of ether oxygens (including phenoxy) is 1. The topological polar surface area (TPSA) is 113 Å². The van der Waals surface area contributed by atoms with Crippen molar-refractivity contribution in [2.45, 2.75) is 26.8 Å². The number of nitrogens with zero attached hydrogens (tertiary/aromatic N) is 2. The number of aromatic nitrogens is 1. The van der Waals surface area contributed by atoms with Crippen LogP contribution in [-0.4, -0.2) is 33.7 Å². The molecule has 1 atom stereocenters. The lowest BCUT2D eigenvalue weighted by molar-refractivity contribution is -0.132. The fourth-order valence-corrected chi connectivity index (χ4v) is 3.69. The second-order valence-electron chi connectivity index (χ2n) is 7.49. The number of hydrogen-bond donors (Lipinski definition) is 2. The van der Waals surface area contributed by atoms with E-state index >= 15 is 0 Å². The molecular weight excluding hydrogens is 412 g/mol. The number of anilines is 1. The smallest absolute Gasteiger partial charge is 0.301 e. The van der Waals surface area contributed by atoms with Crippen molar-refractivity contribution in [2.75, 3.05) is 11.5 Å². The Balaban J connectivity index is 1.94. The zero-order chi connectivity index (χ0) is 23.0. The molecule has 2 heterocycles. The zero-order valence-corrected chi connectivity index (χ0v) is 17.8. The fourth-order valence-electron chi connectivity index (χ4n) is 3.69. The number of phenolic OH excluding ortho intramolecular Hbond substituents is 1. The number of amides is 1. The van der Waals surface area contributed by atoms with Crippen LogP contribution in [-0.2, 0) is 9.59 Å². The number of carbonyl (C=O) groups is 2. The molecule has 32 heavy (non-hydrogen) atoms. The molecular formula is C24H22N2O6. The highest BCUT2D eigenvalue weighted by molar-refractivity contribution is 6.51. The molecule has 0 aliphatic carbocycles.